The van der Waals surface area contributed by atoms with Crippen LogP contribution < -0.4 is 0 Å². The Labute approximate surface area is 111 Å². The van der Waals surface area contributed by atoms with Crippen LogP contribution in [0.25, 0.3) is 0 Å². The summed E-state index contributed by atoms with van der Waals surface area (Å²) >= 11 is 0. The Bertz CT molecular complexity index is 446. The summed E-state index contributed by atoms with van der Waals surface area (Å²) in [6.07, 6.45) is 4.41. The van der Waals surface area contributed by atoms with E-state index in [-0.39, 0.29) is 5.91 Å². The molecule has 0 bridgehead atoms. The lowest BCUT2D eigenvalue weighted by Crippen LogP contribution is -2.40. The molecule has 1 fully saturated rings. The van der Waals surface area contributed by atoms with E-state index < -0.39 is 17.8 Å². The number of aromatic amines is 1. The van der Waals surface area contributed by atoms with Crippen LogP contribution in [0, 0.1) is 11.8 Å². The van der Waals surface area contributed by atoms with Gasteiger partial charge in [0.05, 0.1) is 18.4 Å². The highest BCUT2D eigenvalue weighted by atomic mass is 16.4. The molecular formula is C12H18N4O3. The fourth-order valence-corrected chi connectivity index (χ4v) is 2.61. The minimum absolute atomic E-state index is 0.122. The number of hydrogen-bond donors (Lipinski definition) is 2. The lowest BCUT2D eigenvalue weighted by atomic mass is 9.78. The molecule has 104 valence electrons. The molecule has 1 saturated carbocycles. The molecule has 1 aromatic heterocycles. The Morgan fingerprint density at radius 1 is 1.42 bits per heavy atom. The smallest absolute Gasteiger partial charge is 0.307 e. The first-order chi connectivity index (χ1) is 9.09. The molecule has 1 amide bonds. The van der Waals surface area contributed by atoms with Crippen LogP contribution in [-0.2, 0) is 16.1 Å². The van der Waals surface area contributed by atoms with Gasteiger partial charge >= 0.3 is 5.97 Å². The van der Waals surface area contributed by atoms with Crippen LogP contribution in [0.4, 0.5) is 0 Å². The zero-order valence-corrected chi connectivity index (χ0v) is 10.9. The maximum Gasteiger partial charge on any atom is 0.307 e. The molecule has 1 aromatic rings. The molecule has 0 radical (unpaired) electrons. The Morgan fingerprint density at radius 2 is 2.11 bits per heavy atom. The van der Waals surface area contributed by atoms with E-state index in [9.17, 15) is 14.7 Å². The molecule has 2 atom stereocenters. The summed E-state index contributed by atoms with van der Waals surface area (Å²) in [5.41, 5.74) is 0. The van der Waals surface area contributed by atoms with E-state index in [4.69, 9.17) is 0 Å². The van der Waals surface area contributed by atoms with Crippen molar-refractivity contribution in [3.8, 4) is 0 Å². The molecule has 19 heavy (non-hydrogen) atoms. The summed E-state index contributed by atoms with van der Waals surface area (Å²) in [4.78, 5) is 29.0. The molecule has 2 N–H and O–H groups in total. The molecule has 0 aliphatic heterocycles. The number of nitrogens with one attached hydrogen (secondary N) is 1. The van der Waals surface area contributed by atoms with Crippen molar-refractivity contribution in [2.75, 3.05) is 7.05 Å². The number of nitrogens with zero attached hydrogens (tertiary/aromatic N) is 3. The molecule has 2 rings (SSSR count). The quantitative estimate of drug-likeness (QED) is 0.833. The van der Waals surface area contributed by atoms with Gasteiger partial charge in [-0.3, -0.25) is 14.7 Å². The number of H-pyrrole nitrogens is 1. The minimum atomic E-state index is -0.869. The third-order valence-corrected chi connectivity index (χ3v) is 3.63. The summed E-state index contributed by atoms with van der Waals surface area (Å²) in [7, 11) is 1.67. The van der Waals surface area contributed by atoms with E-state index in [1.807, 2.05) is 0 Å². The lowest BCUT2D eigenvalue weighted by molar-refractivity contribution is -0.152. The zero-order chi connectivity index (χ0) is 13.8. The van der Waals surface area contributed by atoms with Gasteiger partial charge in [0.25, 0.3) is 0 Å². The molecule has 0 unspecified atom stereocenters. The van der Waals surface area contributed by atoms with Crippen molar-refractivity contribution in [1.82, 2.24) is 20.1 Å². The molecule has 7 heteroatoms. The third kappa shape index (κ3) is 3.10. The van der Waals surface area contributed by atoms with Crippen LogP contribution in [0.15, 0.2) is 6.33 Å². The van der Waals surface area contributed by atoms with Crippen molar-refractivity contribution in [1.29, 1.82) is 0 Å². The van der Waals surface area contributed by atoms with Gasteiger partial charge in [0.15, 0.2) is 0 Å². The average molecular weight is 266 g/mol. The van der Waals surface area contributed by atoms with Gasteiger partial charge in [-0.2, -0.15) is 5.10 Å². The van der Waals surface area contributed by atoms with Crippen LogP contribution in [-0.4, -0.2) is 44.1 Å². The van der Waals surface area contributed by atoms with Crippen LogP contribution in [0.3, 0.4) is 0 Å². The van der Waals surface area contributed by atoms with Crippen molar-refractivity contribution in [2.24, 2.45) is 11.8 Å². The predicted molar refractivity (Wildman–Crippen MR) is 65.9 cm³/mol. The van der Waals surface area contributed by atoms with Crippen molar-refractivity contribution < 1.29 is 14.7 Å². The second-order valence-corrected chi connectivity index (χ2v) is 4.96. The highest BCUT2D eigenvalue weighted by Crippen LogP contribution is 2.31. The lowest BCUT2D eigenvalue weighted by Gasteiger charge is -2.30. The monoisotopic (exact) mass is 266 g/mol. The van der Waals surface area contributed by atoms with Gasteiger partial charge in [-0.25, -0.2) is 4.98 Å². The first-order valence-corrected chi connectivity index (χ1v) is 6.41. The Morgan fingerprint density at radius 3 is 2.68 bits per heavy atom. The largest absolute Gasteiger partial charge is 0.481 e. The van der Waals surface area contributed by atoms with Crippen LogP contribution in [0.1, 0.15) is 31.5 Å². The molecule has 1 aliphatic rings. The standard InChI is InChI=1S/C12H18N4O3/c1-16(6-10-13-7-14-15-10)11(17)8-4-2-3-5-9(8)12(18)19/h7-9H,2-6H2,1H3,(H,18,19)(H,13,14,15)/t8-,9+/m1/s1. The van der Waals surface area contributed by atoms with E-state index in [1.165, 1.54) is 11.2 Å². The Kier molecular flexibility index (Phi) is 4.13. The normalized spacial score (nSPS) is 23.0. The average Bonchev–Trinajstić information content (AvgIpc) is 2.90. The highest BCUT2D eigenvalue weighted by molar-refractivity contribution is 5.84. The van der Waals surface area contributed by atoms with Crippen molar-refractivity contribution in [3.63, 3.8) is 0 Å². The van der Waals surface area contributed by atoms with E-state index >= 15 is 0 Å². The van der Waals surface area contributed by atoms with Crippen LogP contribution >= 0.6 is 0 Å². The van der Waals surface area contributed by atoms with E-state index in [0.717, 1.165) is 12.8 Å². The number of amides is 1. The van der Waals surface area contributed by atoms with E-state index in [0.29, 0.717) is 25.2 Å². The number of hydrogen-bond acceptors (Lipinski definition) is 4. The SMILES string of the molecule is CN(Cc1ncn[nH]1)C(=O)[C@@H]1CCCC[C@@H]1C(=O)O. The molecule has 1 heterocycles. The van der Waals surface area contributed by atoms with Gasteiger partial charge in [-0.05, 0) is 12.8 Å². The topological polar surface area (TPSA) is 99.2 Å². The first-order valence-electron chi connectivity index (χ1n) is 6.41. The summed E-state index contributed by atoms with van der Waals surface area (Å²) in [6, 6.07) is 0. The third-order valence-electron chi connectivity index (χ3n) is 3.63. The molecular weight excluding hydrogens is 248 g/mol. The van der Waals surface area contributed by atoms with Gasteiger partial charge in [0.1, 0.15) is 12.2 Å². The number of aromatic nitrogens is 3. The molecule has 0 aromatic carbocycles. The van der Waals surface area contributed by atoms with E-state index in [1.54, 1.807) is 7.05 Å². The molecule has 0 saturated heterocycles. The van der Waals surface area contributed by atoms with E-state index in [2.05, 4.69) is 15.2 Å². The zero-order valence-electron chi connectivity index (χ0n) is 10.9. The minimum Gasteiger partial charge on any atom is -0.481 e. The predicted octanol–water partition coefficient (Wildman–Crippen LogP) is 0.654. The fourth-order valence-electron chi connectivity index (χ4n) is 2.61. The second kappa shape index (κ2) is 5.81. The Hall–Kier alpha value is -1.92. The number of aliphatic carboxylic acids is 1. The van der Waals surface area contributed by atoms with Gasteiger partial charge < -0.3 is 10.0 Å². The summed E-state index contributed by atoms with van der Waals surface area (Å²) in [6.45, 7) is 0.321. The summed E-state index contributed by atoms with van der Waals surface area (Å²) in [5, 5.41) is 15.6. The molecule has 7 nitrogen and oxygen atoms in total. The van der Waals surface area contributed by atoms with Crippen molar-refractivity contribution in [3.05, 3.63) is 12.2 Å². The van der Waals surface area contributed by atoms with Crippen LogP contribution in [0.5, 0.6) is 0 Å². The summed E-state index contributed by atoms with van der Waals surface area (Å²) in [5.74, 6) is -1.37. The van der Waals surface area contributed by atoms with Crippen LogP contribution in [0.2, 0.25) is 0 Å². The highest BCUT2D eigenvalue weighted by Gasteiger charge is 2.37. The first kappa shape index (κ1) is 13.5. The van der Waals surface area contributed by atoms with Gasteiger partial charge in [-0.1, -0.05) is 12.8 Å². The number of carboxylic acids is 1. The van der Waals surface area contributed by atoms with Gasteiger partial charge in [0.2, 0.25) is 5.91 Å². The van der Waals surface area contributed by atoms with Gasteiger partial charge in [-0.15, -0.1) is 0 Å². The summed E-state index contributed by atoms with van der Waals surface area (Å²) < 4.78 is 0. The number of carbonyl (C=O) groups is 2. The maximum absolute atomic E-state index is 12.3. The Balaban J connectivity index is 2.02. The van der Waals surface area contributed by atoms with Crippen molar-refractivity contribution in [2.45, 2.75) is 32.2 Å². The van der Waals surface area contributed by atoms with Crippen molar-refractivity contribution >= 4 is 11.9 Å². The fraction of sp³-hybridized carbons (Fsp3) is 0.667. The maximum atomic E-state index is 12.3. The second-order valence-electron chi connectivity index (χ2n) is 4.96. The number of carbonyl (C=O) groups excluding carboxylic acids is 1. The van der Waals surface area contributed by atoms with Gasteiger partial charge in [0, 0.05) is 7.05 Å². The molecule has 0 spiro atoms. The molecule has 1 aliphatic carbocycles. The number of rotatable bonds is 4. The number of carboxylic acid groups (broad SMARTS) is 1.